The van der Waals surface area contributed by atoms with Gasteiger partial charge in [0.05, 0.1) is 0 Å². The van der Waals surface area contributed by atoms with Crippen LogP contribution in [0.5, 0.6) is 0 Å². The molecule has 1 aliphatic rings. The summed E-state index contributed by atoms with van der Waals surface area (Å²) in [6.45, 7) is 6.38. The molecule has 0 bridgehead atoms. The molecule has 0 amide bonds. The van der Waals surface area contributed by atoms with Crippen LogP contribution in [-0.4, -0.2) is 29.8 Å². The molecule has 1 atom stereocenters. The molecule has 0 saturated carbocycles. The zero-order valence-corrected chi connectivity index (χ0v) is 12.9. The van der Waals surface area contributed by atoms with E-state index < -0.39 is 0 Å². The monoisotopic (exact) mass is 273 g/mol. The standard InChI is InChI=1S/C18H27NO/c1-3-16-10-5-4-8-13-19(16)14-12-18(20)17-11-7-6-9-15(17)2/h6-7,9,11,16H,3-5,8,10,12-14H2,1-2H3. The summed E-state index contributed by atoms with van der Waals surface area (Å²) in [5.41, 5.74) is 2.00. The summed E-state index contributed by atoms with van der Waals surface area (Å²) >= 11 is 0. The summed E-state index contributed by atoms with van der Waals surface area (Å²) in [6.07, 6.45) is 7.14. The predicted octanol–water partition coefficient (Wildman–Crippen LogP) is 4.22. The highest BCUT2D eigenvalue weighted by molar-refractivity contribution is 5.97. The summed E-state index contributed by atoms with van der Waals surface area (Å²) in [6, 6.07) is 8.61. The van der Waals surface area contributed by atoms with Crippen molar-refractivity contribution in [3.05, 3.63) is 35.4 Å². The molecule has 0 radical (unpaired) electrons. The van der Waals surface area contributed by atoms with E-state index in [1.54, 1.807) is 0 Å². The SMILES string of the molecule is CCC1CCCCCN1CCC(=O)c1ccccc1C. The van der Waals surface area contributed by atoms with Crippen LogP contribution in [0, 0.1) is 6.92 Å². The second-order valence-electron chi connectivity index (χ2n) is 5.94. The lowest BCUT2D eigenvalue weighted by Crippen LogP contribution is -2.36. The van der Waals surface area contributed by atoms with Crippen molar-refractivity contribution < 1.29 is 4.79 Å². The lowest BCUT2D eigenvalue weighted by atomic mass is 10.0. The Morgan fingerprint density at radius 3 is 2.80 bits per heavy atom. The van der Waals surface area contributed by atoms with Gasteiger partial charge in [0.2, 0.25) is 0 Å². The van der Waals surface area contributed by atoms with E-state index in [4.69, 9.17) is 0 Å². The summed E-state index contributed by atoms with van der Waals surface area (Å²) in [5.74, 6) is 0.294. The molecule has 1 unspecified atom stereocenters. The Morgan fingerprint density at radius 1 is 1.25 bits per heavy atom. The van der Waals surface area contributed by atoms with Crippen LogP contribution < -0.4 is 0 Å². The summed E-state index contributed by atoms with van der Waals surface area (Å²) in [5, 5.41) is 0. The number of carbonyl (C=O) groups is 1. The fraction of sp³-hybridized carbons (Fsp3) is 0.611. The van der Waals surface area contributed by atoms with E-state index in [9.17, 15) is 4.79 Å². The first kappa shape index (κ1) is 15.2. The van der Waals surface area contributed by atoms with Crippen LogP contribution in [-0.2, 0) is 0 Å². The maximum Gasteiger partial charge on any atom is 0.164 e. The maximum absolute atomic E-state index is 12.4. The van der Waals surface area contributed by atoms with Gasteiger partial charge in [-0.1, -0.05) is 44.0 Å². The second-order valence-corrected chi connectivity index (χ2v) is 5.94. The molecule has 1 heterocycles. The number of hydrogen-bond acceptors (Lipinski definition) is 2. The molecule has 0 N–H and O–H groups in total. The first-order chi connectivity index (χ1) is 9.72. The van der Waals surface area contributed by atoms with Gasteiger partial charge in [0.1, 0.15) is 0 Å². The van der Waals surface area contributed by atoms with E-state index in [1.165, 1.54) is 38.6 Å². The third-order valence-electron chi connectivity index (χ3n) is 4.54. The number of Topliss-reactive ketones (excluding diaryl/α,β-unsaturated/α-hetero) is 1. The van der Waals surface area contributed by atoms with Gasteiger partial charge in [0, 0.05) is 24.6 Å². The molecular formula is C18H27NO. The van der Waals surface area contributed by atoms with Gasteiger partial charge in [-0.2, -0.15) is 0 Å². The normalized spacial score (nSPS) is 20.6. The van der Waals surface area contributed by atoms with Crippen LogP contribution in [0.15, 0.2) is 24.3 Å². The smallest absolute Gasteiger partial charge is 0.164 e. The van der Waals surface area contributed by atoms with Crippen LogP contribution >= 0.6 is 0 Å². The van der Waals surface area contributed by atoms with E-state index in [2.05, 4.69) is 11.8 Å². The van der Waals surface area contributed by atoms with Gasteiger partial charge in [-0.3, -0.25) is 9.69 Å². The van der Waals surface area contributed by atoms with Crippen molar-refractivity contribution in [1.29, 1.82) is 0 Å². The number of benzene rings is 1. The van der Waals surface area contributed by atoms with Crippen LogP contribution in [0.3, 0.4) is 0 Å². The number of ketones is 1. The summed E-state index contributed by atoms with van der Waals surface area (Å²) in [4.78, 5) is 14.9. The first-order valence-corrected chi connectivity index (χ1v) is 8.05. The Morgan fingerprint density at radius 2 is 2.05 bits per heavy atom. The van der Waals surface area contributed by atoms with E-state index in [0.717, 1.165) is 17.7 Å². The number of rotatable bonds is 5. The summed E-state index contributed by atoms with van der Waals surface area (Å²) in [7, 11) is 0. The van der Waals surface area contributed by atoms with Gasteiger partial charge in [0.15, 0.2) is 5.78 Å². The van der Waals surface area contributed by atoms with Crippen LogP contribution in [0.1, 0.15) is 61.4 Å². The average Bonchev–Trinajstić information content (AvgIpc) is 2.70. The Labute approximate surface area is 123 Å². The molecule has 20 heavy (non-hydrogen) atoms. The molecule has 110 valence electrons. The molecule has 1 aromatic rings. The van der Waals surface area contributed by atoms with E-state index in [0.29, 0.717) is 18.2 Å². The van der Waals surface area contributed by atoms with Gasteiger partial charge in [0.25, 0.3) is 0 Å². The first-order valence-electron chi connectivity index (χ1n) is 8.05. The molecule has 2 nitrogen and oxygen atoms in total. The van der Waals surface area contributed by atoms with Gasteiger partial charge in [-0.15, -0.1) is 0 Å². The minimum atomic E-state index is 0.294. The summed E-state index contributed by atoms with van der Waals surface area (Å²) < 4.78 is 0. The Balaban J connectivity index is 1.93. The highest BCUT2D eigenvalue weighted by Crippen LogP contribution is 2.20. The van der Waals surface area contributed by atoms with Crippen molar-refractivity contribution in [1.82, 2.24) is 4.90 Å². The molecule has 2 heteroatoms. The quantitative estimate of drug-likeness (QED) is 0.749. The van der Waals surface area contributed by atoms with Crippen molar-refractivity contribution in [2.45, 2.75) is 58.4 Å². The predicted molar refractivity (Wildman–Crippen MR) is 84.2 cm³/mol. The lowest BCUT2D eigenvalue weighted by molar-refractivity contribution is 0.0948. The number of likely N-dealkylation sites (tertiary alicyclic amines) is 1. The zero-order valence-electron chi connectivity index (χ0n) is 12.9. The van der Waals surface area contributed by atoms with E-state index in [-0.39, 0.29) is 0 Å². The fourth-order valence-electron chi connectivity index (χ4n) is 3.26. The van der Waals surface area contributed by atoms with Crippen LogP contribution in [0.2, 0.25) is 0 Å². The van der Waals surface area contributed by atoms with Crippen LogP contribution in [0.25, 0.3) is 0 Å². The number of hydrogen-bond donors (Lipinski definition) is 0. The van der Waals surface area contributed by atoms with E-state index in [1.807, 2.05) is 31.2 Å². The third-order valence-corrected chi connectivity index (χ3v) is 4.54. The van der Waals surface area contributed by atoms with Gasteiger partial charge in [-0.25, -0.2) is 0 Å². The van der Waals surface area contributed by atoms with Crippen molar-refractivity contribution in [3.8, 4) is 0 Å². The van der Waals surface area contributed by atoms with Crippen LogP contribution in [0.4, 0.5) is 0 Å². The van der Waals surface area contributed by atoms with Gasteiger partial charge in [-0.05, 0) is 38.3 Å². The molecule has 0 aromatic heterocycles. The molecule has 1 saturated heterocycles. The van der Waals surface area contributed by atoms with Crippen molar-refractivity contribution in [2.24, 2.45) is 0 Å². The average molecular weight is 273 g/mol. The Hall–Kier alpha value is -1.15. The number of aryl methyl sites for hydroxylation is 1. The molecular weight excluding hydrogens is 246 g/mol. The molecule has 1 fully saturated rings. The molecule has 2 rings (SSSR count). The topological polar surface area (TPSA) is 20.3 Å². The molecule has 1 aliphatic heterocycles. The minimum Gasteiger partial charge on any atom is -0.300 e. The van der Waals surface area contributed by atoms with Crippen molar-refractivity contribution in [3.63, 3.8) is 0 Å². The van der Waals surface area contributed by atoms with Crippen molar-refractivity contribution >= 4 is 5.78 Å². The largest absolute Gasteiger partial charge is 0.300 e. The zero-order chi connectivity index (χ0) is 14.4. The second kappa shape index (κ2) is 7.58. The Kier molecular flexibility index (Phi) is 5.78. The highest BCUT2D eigenvalue weighted by Gasteiger charge is 2.20. The molecule has 0 spiro atoms. The fourth-order valence-corrected chi connectivity index (χ4v) is 3.26. The maximum atomic E-state index is 12.4. The van der Waals surface area contributed by atoms with E-state index >= 15 is 0 Å². The molecule has 0 aliphatic carbocycles. The van der Waals surface area contributed by atoms with Crippen molar-refractivity contribution in [2.75, 3.05) is 13.1 Å². The van der Waals surface area contributed by atoms with Gasteiger partial charge < -0.3 is 0 Å². The highest BCUT2D eigenvalue weighted by atomic mass is 16.1. The lowest BCUT2D eigenvalue weighted by Gasteiger charge is -2.28. The number of carbonyl (C=O) groups excluding carboxylic acids is 1. The minimum absolute atomic E-state index is 0.294. The molecule has 1 aromatic carbocycles. The third kappa shape index (κ3) is 3.92. The number of nitrogens with zero attached hydrogens (tertiary/aromatic N) is 1. The van der Waals surface area contributed by atoms with Gasteiger partial charge >= 0.3 is 0 Å². The Bertz CT molecular complexity index is 441.